The average Bonchev–Trinajstić information content (AvgIpc) is 2.35. The molecule has 0 saturated heterocycles. The minimum atomic E-state index is 0.145. The van der Waals surface area contributed by atoms with Crippen molar-refractivity contribution in [2.45, 2.75) is 46.0 Å². The molecular weight excluding hydrogens is 148 g/mol. The molecule has 0 radical (unpaired) electrons. The first-order valence-electron chi connectivity index (χ1n) is 4.58. The molecule has 0 aliphatic rings. The summed E-state index contributed by atoms with van der Waals surface area (Å²) in [5, 5.41) is 0. The SMILES string of the molecule is CCCc1cnc(C(C)(C)C)[nH]1. The lowest BCUT2D eigenvalue weighted by Crippen LogP contribution is -2.13. The van der Waals surface area contributed by atoms with Crippen LogP contribution in [0.15, 0.2) is 6.20 Å². The van der Waals surface area contributed by atoms with E-state index in [2.05, 4.69) is 37.7 Å². The Morgan fingerprint density at radius 2 is 2.08 bits per heavy atom. The molecule has 12 heavy (non-hydrogen) atoms. The lowest BCUT2D eigenvalue weighted by molar-refractivity contribution is 0.551. The first-order chi connectivity index (χ1) is 5.54. The van der Waals surface area contributed by atoms with Crippen LogP contribution in [0.4, 0.5) is 0 Å². The second kappa shape index (κ2) is 3.30. The second-order valence-corrected chi connectivity index (χ2v) is 4.26. The normalized spacial score (nSPS) is 12.0. The Kier molecular flexibility index (Phi) is 2.55. The zero-order valence-corrected chi connectivity index (χ0v) is 8.44. The van der Waals surface area contributed by atoms with Crippen LogP contribution in [0.2, 0.25) is 0 Å². The Morgan fingerprint density at radius 1 is 1.42 bits per heavy atom. The van der Waals surface area contributed by atoms with Crippen LogP contribution in [-0.2, 0) is 11.8 Å². The maximum Gasteiger partial charge on any atom is 0.111 e. The molecule has 0 spiro atoms. The predicted octanol–water partition coefficient (Wildman–Crippen LogP) is 2.66. The Bertz CT molecular complexity index is 243. The highest BCUT2D eigenvalue weighted by Gasteiger charge is 2.16. The molecule has 0 atom stereocenters. The summed E-state index contributed by atoms with van der Waals surface area (Å²) in [5.74, 6) is 1.09. The van der Waals surface area contributed by atoms with E-state index in [0.717, 1.165) is 12.2 Å². The molecule has 1 aromatic rings. The van der Waals surface area contributed by atoms with E-state index in [-0.39, 0.29) is 5.41 Å². The largest absolute Gasteiger partial charge is 0.345 e. The number of rotatable bonds is 2. The second-order valence-electron chi connectivity index (χ2n) is 4.26. The summed E-state index contributed by atoms with van der Waals surface area (Å²) in [5.41, 5.74) is 1.40. The number of H-pyrrole nitrogens is 1. The zero-order valence-electron chi connectivity index (χ0n) is 8.44. The van der Waals surface area contributed by atoms with E-state index in [9.17, 15) is 0 Å². The predicted molar refractivity (Wildman–Crippen MR) is 51.3 cm³/mol. The Balaban J connectivity index is 2.77. The smallest absolute Gasteiger partial charge is 0.111 e. The van der Waals surface area contributed by atoms with Gasteiger partial charge in [0.25, 0.3) is 0 Å². The highest BCUT2D eigenvalue weighted by atomic mass is 14.9. The summed E-state index contributed by atoms with van der Waals surface area (Å²) < 4.78 is 0. The third kappa shape index (κ3) is 2.10. The first kappa shape index (κ1) is 9.30. The van der Waals surface area contributed by atoms with Crippen LogP contribution >= 0.6 is 0 Å². The van der Waals surface area contributed by atoms with E-state index in [1.807, 2.05) is 6.20 Å². The number of aromatic amines is 1. The highest BCUT2D eigenvalue weighted by Crippen LogP contribution is 2.18. The lowest BCUT2D eigenvalue weighted by atomic mass is 9.96. The fourth-order valence-electron chi connectivity index (χ4n) is 1.14. The third-order valence-corrected chi connectivity index (χ3v) is 1.86. The van der Waals surface area contributed by atoms with Gasteiger partial charge in [0, 0.05) is 17.3 Å². The van der Waals surface area contributed by atoms with Crippen molar-refractivity contribution in [1.29, 1.82) is 0 Å². The zero-order chi connectivity index (χ0) is 9.19. The molecule has 1 heterocycles. The van der Waals surface area contributed by atoms with Crippen LogP contribution in [0.25, 0.3) is 0 Å². The Morgan fingerprint density at radius 3 is 2.50 bits per heavy atom. The molecule has 68 valence electrons. The molecule has 0 fully saturated rings. The van der Waals surface area contributed by atoms with Crippen molar-refractivity contribution >= 4 is 0 Å². The van der Waals surface area contributed by atoms with Gasteiger partial charge in [0.1, 0.15) is 5.82 Å². The quantitative estimate of drug-likeness (QED) is 0.719. The molecule has 0 aromatic carbocycles. The molecule has 2 nitrogen and oxygen atoms in total. The molecule has 2 heteroatoms. The van der Waals surface area contributed by atoms with Crippen molar-refractivity contribution < 1.29 is 0 Å². The molecule has 0 aliphatic heterocycles. The lowest BCUT2D eigenvalue weighted by Gasteiger charge is -2.14. The van der Waals surface area contributed by atoms with Gasteiger partial charge in [0.15, 0.2) is 0 Å². The van der Waals surface area contributed by atoms with Gasteiger partial charge in [-0.2, -0.15) is 0 Å². The van der Waals surface area contributed by atoms with E-state index in [4.69, 9.17) is 0 Å². The maximum atomic E-state index is 4.35. The van der Waals surface area contributed by atoms with Gasteiger partial charge < -0.3 is 4.98 Å². The summed E-state index contributed by atoms with van der Waals surface area (Å²) in [6, 6.07) is 0. The number of nitrogens with zero attached hydrogens (tertiary/aromatic N) is 1. The van der Waals surface area contributed by atoms with Crippen LogP contribution in [0, 0.1) is 0 Å². The van der Waals surface area contributed by atoms with Gasteiger partial charge in [-0.1, -0.05) is 34.1 Å². The van der Waals surface area contributed by atoms with Crippen LogP contribution in [0.1, 0.15) is 45.6 Å². The number of nitrogens with one attached hydrogen (secondary N) is 1. The van der Waals surface area contributed by atoms with Crippen LogP contribution in [-0.4, -0.2) is 9.97 Å². The molecule has 0 bridgehead atoms. The molecule has 1 N–H and O–H groups in total. The number of aryl methyl sites for hydroxylation is 1. The monoisotopic (exact) mass is 166 g/mol. The molecule has 0 amide bonds. The van der Waals surface area contributed by atoms with Gasteiger partial charge in [0.05, 0.1) is 0 Å². The van der Waals surface area contributed by atoms with Gasteiger partial charge in [-0.15, -0.1) is 0 Å². The number of hydrogen-bond donors (Lipinski definition) is 1. The van der Waals surface area contributed by atoms with E-state index in [1.165, 1.54) is 12.1 Å². The first-order valence-corrected chi connectivity index (χ1v) is 4.58. The van der Waals surface area contributed by atoms with Gasteiger partial charge in [-0.05, 0) is 6.42 Å². The van der Waals surface area contributed by atoms with Crippen molar-refractivity contribution in [3.05, 3.63) is 17.7 Å². The van der Waals surface area contributed by atoms with Gasteiger partial charge in [0.2, 0.25) is 0 Å². The van der Waals surface area contributed by atoms with Crippen molar-refractivity contribution in [2.24, 2.45) is 0 Å². The van der Waals surface area contributed by atoms with Crippen LogP contribution < -0.4 is 0 Å². The minimum Gasteiger partial charge on any atom is -0.345 e. The van der Waals surface area contributed by atoms with Gasteiger partial charge >= 0.3 is 0 Å². The van der Waals surface area contributed by atoms with Gasteiger partial charge in [-0.25, -0.2) is 4.98 Å². The summed E-state index contributed by atoms with van der Waals surface area (Å²) >= 11 is 0. The highest BCUT2D eigenvalue weighted by molar-refractivity contribution is 5.08. The topological polar surface area (TPSA) is 28.7 Å². The summed E-state index contributed by atoms with van der Waals surface area (Å²) in [4.78, 5) is 7.69. The maximum absolute atomic E-state index is 4.35. The van der Waals surface area contributed by atoms with E-state index >= 15 is 0 Å². The van der Waals surface area contributed by atoms with Crippen molar-refractivity contribution in [3.8, 4) is 0 Å². The standard InChI is InChI=1S/C10H18N2/c1-5-6-8-7-11-9(12-8)10(2,3)4/h7H,5-6H2,1-4H3,(H,11,12). The fraction of sp³-hybridized carbons (Fsp3) is 0.700. The van der Waals surface area contributed by atoms with E-state index < -0.39 is 0 Å². The van der Waals surface area contributed by atoms with Gasteiger partial charge in [-0.3, -0.25) is 0 Å². The van der Waals surface area contributed by atoms with Crippen LogP contribution in [0.3, 0.4) is 0 Å². The summed E-state index contributed by atoms with van der Waals surface area (Å²) in [7, 11) is 0. The Hall–Kier alpha value is -0.790. The summed E-state index contributed by atoms with van der Waals surface area (Å²) in [6.07, 6.45) is 4.22. The third-order valence-electron chi connectivity index (χ3n) is 1.86. The summed E-state index contributed by atoms with van der Waals surface area (Å²) in [6.45, 7) is 8.68. The van der Waals surface area contributed by atoms with Crippen LogP contribution in [0.5, 0.6) is 0 Å². The van der Waals surface area contributed by atoms with Crippen molar-refractivity contribution in [1.82, 2.24) is 9.97 Å². The molecule has 0 unspecified atom stereocenters. The molecule has 0 saturated carbocycles. The molecular formula is C10H18N2. The molecule has 1 rings (SSSR count). The number of hydrogen-bond acceptors (Lipinski definition) is 1. The van der Waals surface area contributed by atoms with E-state index in [1.54, 1.807) is 0 Å². The Labute approximate surface area is 74.4 Å². The van der Waals surface area contributed by atoms with Crippen molar-refractivity contribution in [3.63, 3.8) is 0 Å². The molecule has 0 aliphatic carbocycles. The fourth-order valence-corrected chi connectivity index (χ4v) is 1.14. The number of imidazole rings is 1. The minimum absolute atomic E-state index is 0.145. The van der Waals surface area contributed by atoms with E-state index in [0.29, 0.717) is 0 Å². The molecule has 1 aromatic heterocycles. The average molecular weight is 166 g/mol. The van der Waals surface area contributed by atoms with Crippen molar-refractivity contribution in [2.75, 3.05) is 0 Å². The number of aromatic nitrogens is 2.